The Morgan fingerprint density at radius 2 is 1.64 bits per heavy atom. The number of pyridine rings is 1. The van der Waals surface area contributed by atoms with Crippen LogP contribution in [0.2, 0.25) is 0 Å². The van der Waals surface area contributed by atoms with E-state index in [4.69, 9.17) is 0 Å². The summed E-state index contributed by atoms with van der Waals surface area (Å²) >= 11 is 0. The SMILES string of the molecule is Cc1ccc(C(=O)NC(=NCc2ccccn2)Nc2cc(C)cc(C)c2)cc1. The van der Waals surface area contributed by atoms with E-state index in [1.165, 1.54) is 0 Å². The molecule has 3 rings (SSSR count). The van der Waals surface area contributed by atoms with Crippen molar-refractivity contribution in [3.05, 3.63) is 94.8 Å². The number of aromatic nitrogens is 1. The van der Waals surface area contributed by atoms with Crippen LogP contribution < -0.4 is 10.6 Å². The minimum atomic E-state index is -0.211. The number of nitrogens with zero attached hydrogens (tertiary/aromatic N) is 2. The molecule has 1 aromatic heterocycles. The Morgan fingerprint density at radius 3 is 2.29 bits per heavy atom. The average Bonchev–Trinajstić information content (AvgIpc) is 2.66. The molecule has 0 saturated carbocycles. The zero-order valence-electron chi connectivity index (χ0n) is 16.4. The van der Waals surface area contributed by atoms with Gasteiger partial charge in [-0.1, -0.05) is 29.8 Å². The van der Waals surface area contributed by atoms with Crippen molar-refractivity contribution in [3.8, 4) is 0 Å². The van der Waals surface area contributed by atoms with Crippen LogP contribution in [-0.2, 0) is 6.54 Å². The molecular formula is C23H24N4O. The van der Waals surface area contributed by atoms with Gasteiger partial charge in [0, 0.05) is 17.4 Å². The summed E-state index contributed by atoms with van der Waals surface area (Å²) < 4.78 is 0. The van der Waals surface area contributed by atoms with Crippen LogP contribution >= 0.6 is 0 Å². The van der Waals surface area contributed by atoms with Gasteiger partial charge >= 0.3 is 0 Å². The maximum Gasteiger partial charge on any atom is 0.257 e. The van der Waals surface area contributed by atoms with Gasteiger partial charge in [-0.2, -0.15) is 0 Å². The monoisotopic (exact) mass is 372 g/mol. The van der Waals surface area contributed by atoms with E-state index in [0.717, 1.165) is 28.1 Å². The van der Waals surface area contributed by atoms with E-state index in [1.54, 1.807) is 18.3 Å². The van der Waals surface area contributed by atoms with Crippen LogP contribution in [0.3, 0.4) is 0 Å². The van der Waals surface area contributed by atoms with Gasteiger partial charge in [0.1, 0.15) is 0 Å². The number of aryl methyl sites for hydroxylation is 3. The van der Waals surface area contributed by atoms with E-state index in [0.29, 0.717) is 18.1 Å². The second-order valence-corrected chi connectivity index (χ2v) is 6.81. The van der Waals surface area contributed by atoms with Crippen molar-refractivity contribution in [3.63, 3.8) is 0 Å². The molecule has 0 spiro atoms. The standard InChI is InChI=1S/C23H24N4O/c1-16-7-9-19(10-8-16)22(28)27-23(25-15-20-6-4-5-11-24-20)26-21-13-17(2)12-18(3)14-21/h4-14H,15H2,1-3H3,(H2,25,26,27,28). The Morgan fingerprint density at radius 1 is 0.929 bits per heavy atom. The lowest BCUT2D eigenvalue weighted by atomic mass is 10.1. The molecule has 0 bridgehead atoms. The van der Waals surface area contributed by atoms with Crippen molar-refractivity contribution in [1.82, 2.24) is 10.3 Å². The fourth-order valence-corrected chi connectivity index (χ4v) is 2.83. The summed E-state index contributed by atoms with van der Waals surface area (Å²) in [5.41, 5.74) is 5.66. The third-order valence-corrected chi connectivity index (χ3v) is 4.16. The summed E-state index contributed by atoms with van der Waals surface area (Å²) in [6.07, 6.45) is 1.73. The average molecular weight is 372 g/mol. The van der Waals surface area contributed by atoms with E-state index in [2.05, 4.69) is 26.7 Å². The van der Waals surface area contributed by atoms with Gasteiger partial charge in [0.2, 0.25) is 5.96 Å². The number of benzene rings is 2. The molecule has 1 amide bonds. The summed E-state index contributed by atoms with van der Waals surface area (Å²) in [5, 5.41) is 6.12. The zero-order chi connectivity index (χ0) is 19.9. The minimum Gasteiger partial charge on any atom is -0.326 e. The largest absolute Gasteiger partial charge is 0.326 e. The van der Waals surface area contributed by atoms with Crippen LogP contribution in [0.25, 0.3) is 0 Å². The van der Waals surface area contributed by atoms with Gasteiger partial charge in [0.05, 0.1) is 12.2 Å². The van der Waals surface area contributed by atoms with Gasteiger partial charge in [0.15, 0.2) is 0 Å². The number of carbonyl (C=O) groups is 1. The topological polar surface area (TPSA) is 66.4 Å². The van der Waals surface area contributed by atoms with Crippen molar-refractivity contribution in [1.29, 1.82) is 0 Å². The Balaban J connectivity index is 1.82. The van der Waals surface area contributed by atoms with Crippen molar-refractivity contribution in [2.45, 2.75) is 27.3 Å². The van der Waals surface area contributed by atoms with Crippen LogP contribution in [-0.4, -0.2) is 16.9 Å². The van der Waals surface area contributed by atoms with E-state index in [1.807, 2.05) is 63.2 Å². The number of rotatable bonds is 4. The second-order valence-electron chi connectivity index (χ2n) is 6.81. The first kappa shape index (κ1) is 19.3. The molecule has 0 saturated heterocycles. The van der Waals surface area contributed by atoms with E-state index in [9.17, 15) is 4.79 Å². The first-order chi connectivity index (χ1) is 13.5. The first-order valence-corrected chi connectivity index (χ1v) is 9.17. The van der Waals surface area contributed by atoms with Crippen molar-refractivity contribution < 1.29 is 4.79 Å². The van der Waals surface area contributed by atoms with Gasteiger partial charge < -0.3 is 5.32 Å². The van der Waals surface area contributed by atoms with E-state index in [-0.39, 0.29) is 5.91 Å². The maximum atomic E-state index is 12.7. The summed E-state index contributed by atoms with van der Waals surface area (Å²) in [5.74, 6) is 0.179. The highest BCUT2D eigenvalue weighted by atomic mass is 16.1. The molecule has 0 aliphatic rings. The minimum absolute atomic E-state index is 0.211. The normalized spacial score (nSPS) is 11.2. The van der Waals surface area contributed by atoms with Gasteiger partial charge in [-0.15, -0.1) is 0 Å². The molecule has 28 heavy (non-hydrogen) atoms. The number of aliphatic imine (C=N–C) groups is 1. The number of amides is 1. The fraction of sp³-hybridized carbons (Fsp3) is 0.174. The Kier molecular flexibility index (Phi) is 6.17. The van der Waals surface area contributed by atoms with Crippen LogP contribution in [0.1, 0.15) is 32.7 Å². The van der Waals surface area contributed by atoms with Crippen LogP contribution in [0.5, 0.6) is 0 Å². The van der Waals surface area contributed by atoms with E-state index >= 15 is 0 Å². The number of hydrogen-bond acceptors (Lipinski definition) is 3. The fourth-order valence-electron chi connectivity index (χ4n) is 2.83. The first-order valence-electron chi connectivity index (χ1n) is 9.17. The molecule has 0 radical (unpaired) electrons. The predicted molar refractivity (Wildman–Crippen MR) is 114 cm³/mol. The number of guanidine groups is 1. The van der Waals surface area contributed by atoms with Crippen LogP contribution in [0, 0.1) is 20.8 Å². The molecule has 2 aromatic carbocycles. The lowest BCUT2D eigenvalue weighted by molar-refractivity contribution is 0.0977. The Labute approximate surface area is 165 Å². The third kappa shape index (κ3) is 5.51. The maximum absolute atomic E-state index is 12.7. The summed E-state index contributed by atoms with van der Waals surface area (Å²) in [4.78, 5) is 21.5. The molecule has 0 atom stereocenters. The molecule has 1 heterocycles. The molecule has 5 heteroatoms. The van der Waals surface area contributed by atoms with Gasteiger partial charge in [0.25, 0.3) is 5.91 Å². The quantitative estimate of drug-likeness (QED) is 0.527. The lowest BCUT2D eigenvalue weighted by Crippen LogP contribution is -2.36. The molecule has 3 aromatic rings. The van der Waals surface area contributed by atoms with Gasteiger partial charge in [-0.05, 0) is 68.3 Å². The summed E-state index contributed by atoms with van der Waals surface area (Å²) in [7, 11) is 0. The highest BCUT2D eigenvalue weighted by molar-refractivity contribution is 6.10. The molecule has 142 valence electrons. The smallest absolute Gasteiger partial charge is 0.257 e. The third-order valence-electron chi connectivity index (χ3n) is 4.16. The number of nitrogens with one attached hydrogen (secondary N) is 2. The molecule has 0 aliphatic carbocycles. The summed E-state index contributed by atoms with van der Waals surface area (Å²) in [6.45, 7) is 6.42. The van der Waals surface area contributed by atoms with Crippen molar-refractivity contribution in [2.24, 2.45) is 4.99 Å². The van der Waals surface area contributed by atoms with Crippen LogP contribution in [0.15, 0.2) is 71.9 Å². The zero-order valence-corrected chi connectivity index (χ0v) is 16.4. The predicted octanol–water partition coefficient (Wildman–Crippen LogP) is 4.40. The number of hydrogen-bond donors (Lipinski definition) is 2. The van der Waals surface area contributed by atoms with Crippen molar-refractivity contribution in [2.75, 3.05) is 5.32 Å². The molecule has 0 unspecified atom stereocenters. The van der Waals surface area contributed by atoms with E-state index < -0.39 is 0 Å². The number of anilines is 1. The Bertz CT molecular complexity index is 959. The highest BCUT2D eigenvalue weighted by Gasteiger charge is 2.10. The van der Waals surface area contributed by atoms with Crippen molar-refractivity contribution >= 4 is 17.6 Å². The molecule has 0 aliphatic heterocycles. The lowest BCUT2D eigenvalue weighted by Gasteiger charge is -2.13. The van der Waals surface area contributed by atoms with Crippen LogP contribution in [0.4, 0.5) is 5.69 Å². The second kappa shape index (κ2) is 8.95. The summed E-state index contributed by atoms with van der Waals surface area (Å²) in [6, 6.07) is 19.2. The molecular weight excluding hydrogens is 348 g/mol. The van der Waals surface area contributed by atoms with Gasteiger partial charge in [-0.3, -0.25) is 15.1 Å². The Hall–Kier alpha value is -3.47. The number of carbonyl (C=O) groups excluding carboxylic acids is 1. The molecule has 0 fully saturated rings. The highest BCUT2D eigenvalue weighted by Crippen LogP contribution is 2.14. The molecule has 5 nitrogen and oxygen atoms in total. The van der Waals surface area contributed by atoms with Gasteiger partial charge in [-0.25, -0.2) is 4.99 Å². The molecule has 2 N–H and O–H groups in total.